The van der Waals surface area contributed by atoms with Gasteiger partial charge in [-0.15, -0.1) is 0 Å². The second kappa shape index (κ2) is 6.52. The molecule has 1 aliphatic rings. The zero-order valence-corrected chi connectivity index (χ0v) is 10.7. The van der Waals surface area contributed by atoms with Crippen molar-refractivity contribution in [1.29, 1.82) is 0 Å². The Kier molecular flexibility index (Phi) is 4.73. The predicted molar refractivity (Wildman–Crippen MR) is 69.6 cm³/mol. The van der Waals surface area contributed by atoms with Crippen molar-refractivity contribution in [3.63, 3.8) is 0 Å². The molecule has 4 heteroatoms. The molecule has 98 valence electrons. The molecular formula is C14H20N2O2. The maximum Gasteiger partial charge on any atom is 0.260 e. The Labute approximate surface area is 108 Å². The molecule has 0 aliphatic carbocycles. The lowest BCUT2D eigenvalue weighted by atomic mass is 9.92. The van der Waals surface area contributed by atoms with Crippen LogP contribution in [-0.4, -0.2) is 18.5 Å². The first-order valence-corrected chi connectivity index (χ1v) is 6.46. The van der Waals surface area contributed by atoms with Crippen molar-refractivity contribution in [2.45, 2.75) is 32.4 Å². The lowest BCUT2D eigenvalue weighted by molar-refractivity contribution is -0.138. The fourth-order valence-electron chi connectivity index (χ4n) is 2.23. The molecule has 1 aromatic rings. The van der Waals surface area contributed by atoms with Gasteiger partial charge in [-0.1, -0.05) is 37.3 Å². The Hall–Kier alpha value is -1.39. The van der Waals surface area contributed by atoms with Crippen molar-refractivity contribution in [2.24, 2.45) is 5.92 Å². The van der Waals surface area contributed by atoms with E-state index >= 15 is 0 Å². The van der Waals surface area contributed by atoms with Crippen LogP contribution in [0.2, 0.25) is 0 Å². The molecule has 0 aromatic heterocycles. The molecule has 1 aliphatic heterocycles. The van der Waals surface area contributed by atoms with Gasteiger partial charge in [0.15, 0.2) is 0 Å². The minimum atomic E-state index is -0.130. The second-order valence-electron chi connectivity index (χ2n) is 4.79. The molecular weight excluding hydrogens is 228 g/mol. The monoisotopic (exact) mass is 248 g/mol. The Bertz CT molecular complexity index is 381. The topological polar surface area (TPSA) is 50.4 Å². The van der Waals surface area contributed by atoms with E-state index in [-0.39, 0.29) is 11.9 Å². The van der Waals surface area contributed by atoms with Crippen molar-refractivity contribution < 1.29 is 9.63 Å². The number of hydrogen-bond donors (Lipinski definition) is 2. The Balaban J connectivity index is 1.74. The number of amides is 1. The molecule has 2 atom stereocenters. The van der Waals surface area contributed by atoms with Gasteiger partial charge in [-0.25, -0.2) is 5.48 Å². The van der Waals surface area contributed by atoms with Crippen molar-refractivity contribution >= 4 is 5.91 Å². The van der Waals surface area contributed by atoms with E-state index in [0.29, 0.717) is 12.5 Å². The Morgan fingerprint density at radius 2 is 2.22 bits per heavy atom. The van der Waals surface area contributed by atoms with E-state index in [1.165, 1.54) is 0 Å². The van der Waals surface area contributed by atoms with E-state index in [9.17, 15) is 4.79 Å². The lowest BCUT2D eigenvalue weighted by Crippen LogP contribution is -2.50. The number of piperidine rings is 1. The quantitative estimate of drug-likeness (QED) is 0.796. The average molecular weight is 248 g/mol. The molecule has 0 radical (unpaired) electrons. The number of benzene rings is 1. The number of hydrogen-bond acceptors (Lipinski definition) is 3. The molecule has 1 amide bonds. The highest BCUT2D eigenvalue weighted by Gasteiger charge is 2.27. The molecule has 1 saturated heterocycles. The summed E-state index contributed by atoms with van der Waals surface area (Å²) in [6.07, 6.45) is 2.22. The van der Waals surface area contributed by atoms with Crippen molar-refractivity contribution in [1.82, 2.24) is 10.8 Å². The number of nitrogens with one attached hydrogen (secondary N) is 2. The molecule has 2 N–H and O–H groups in total. The van der Waals surface area contributed by atoms with Crippen LogP contribution in [-0.2, 0) is 16.2 Å². The van der Waals surface area contributed by atoms with Gasteiger partial charge in [0.25, 0.3) is 5.91 Å². The fraction of sp³-hybridized carbons (Fsp3) is 0.500. The minimum absolute atomic E-state index is 0.0712. The summed E-state index contributed by atoms with van der Waals surface area (Å²) in [7, 11) is 0. The SMILES string of the molecule is CC1CCCNC1C(=O)NOCc1ccccc1. The van der Waals surface area contributed by atoms with Crippen LogP contribution in [0.15, 0.2) is 30.3 Å². The van der Waals surface area contributed by atoms with Crippen LogP contribution in [0.4, 0.5) is 0 Å². The predicted octanol–water partition coefficient (Wildman–Crippen LogP) is 1.62. The molecule has 18 heavy (non-hydrogen) atoms. The van der Waals surface area contributed by atoms with Crippen LogP contribution in [0, 0.1) is 5.92 Å². The standard InChI is InChI=1S/C14H20N2O2/c1-11-6-5-9-15-13(11)14(17)16-18-10-12-7-3-2-4-8-12/h2-4,7-8,11,13,15H,5-6,9-10H2,1H3,(H,16,17). The third kappa shape index (κ3) is 3.55. The number of carbonyl (C=O) groups is 1. The molecule has 1 fully saturated rings. The molecule has 1 aromatic carbocycles. The van der Waals surface area contributed by atoms with Gasteiger partial charge >= 0.3 is 0 Å². The van der Waals surface area contributed by atoms with E-state index in [1.54, 1.807) is 0 Å². The smallest absolute Gasteiger partial charge is 0.260 e. The van der Waals surface area contributed by atoms with E-state index in [2.05, 4.69) is 17.7 Å². The average Bonchev–Trinajstić information content (AvgIpc) is 2.40. The van der Waals surface area contributed by atoms with Gasteiger partial charge in [-0.2, -0.15) is 0 Å². The third-order valence-electron chi connectivity index (χ3n) is 3.31. The van der Waals surface area contributed by atoms with Gasteiger partial charge in [0, 0.05) is 0 Å². The highest BCUT2D eigenvalue weighted by molar-refractivity contribution is 5.81. The van der Waals surface area contributed by atoms with Gasteiger partial charge in [0.2, 0.25) is 0 Å². The van der Waals surface area contributed by atoms with Crippen LogP contribution < -0.4 is 10.8 Å². The molecule has 0 spiro atoms. The first-order chi connectivity index (χ1) is 8.77. The van der Waals surface area contributed by atoms with Gasteiger partial charge in [0.1, 0.15) is 0 Å². The number of hydroxylamine groups is 1. The summed E-state index contributed by atoms with van der Waals surface area (Å²) in [6.45, 7) is 3.39. The highest BCUT2D eigenvalue weighted by Crippen LogP contribution is 2.15. The van der Waals surface area contributed by atoms with Crippen molar-refractivity contribution in [2.75, 3.05) is 6.54 Å². The summed E-state index contributed by atoms with van der Waals surface area (Å²) in [5.74, 6) is 0.289. The molecule has 2 rings (SSSR count). The first kappa shape index (κ1) is 13.1. The van der Waals surface area contributed by atoms with Gasteiger partial charge < -0.3 is 5.32 Å². The second-order valence-corrected chi connectivity index (χ2v) is 4.79. The van der Waals surface area contributed by atoms with Crippen molar-refractivity contribution in [3.05, 3.63) is 35.9 Å². The summed E-state index contributed by atoms with van der Waals surface area (Å²) in [6, 6.07) is 9.66. The first-order valence-electron chi connectivity index (χ1n) is 6.46. The van der Waals surface area contributed by atoms with Gasteiger partial charge in [-0.05, 0) is 30.9 Å². The Morgan fingerprint density at radius 1 is 1.44 bits per heavy atom. The Morgan fingerprint density at radius 3 is 2.94 bits per heavy atom. The molecule has 1 heterocycles. The van der Waals surface area contributed by atoms with Crippen LogP contribution in [0.3, 0.4) is 0 Å². The zero-order chi connectivity index (χ0) is 12.8. The largest absolute Gasteiger partial charge is 0.306 e. The minimum Gasteiger partial charge on any atom is -0.306 e. The summed E-state index contributed by atoms with van der Waals surface area (Å²) >= 11 is 0. The summed E-state index contributed by atoms with van der Waals surface area (Å²) in [5, 5.41) is 3.23. The summed E-state index contributed by atoms with van der Waals surface area (Å²) < 4.78 is 0. The lowest BCUT2D eigenvalue weighted by Gasteiger charge is -2.28. The van der Waals surface area contributed by atoms with E-state index in [0.717, 1.165) is 24.9 Å². The van der Waals surface area contributed by atoms with Gasteiger partial charge in [0.05, 0.1) is 12.6 Å². The molecule has 0 bridgehead atoms. The molecule has 2 unspecified atom stereocenters. The van der Waals surface area contributed by atoms with E-state index in [4.69, 9.17) is 4.84 Å². The molecule has 4 nitrogen and oxygen atoms in total. The summed E-state index contributed by atoms with van der Waals surface area (Å²) in [5.41, 5.74) is 3.57. The number of rotatable bonds is 4. The maximum absolute atomic E-state index is 11.9. The van der Waals surface area contributed by atoms with Crippen LogP contribution in [0.1, 0.15) is 25.3 Å². The zero-order valence-electron chi connectivity index (χ0n) is 10.7. The third-order valence-corrected chi connectivity index (χ3v) is 3.31. The van der Waals surface area contributed by atoms with Crippen LogP contribution in [0.5, 0.6) is 0 Å². The summed E-state index contributed by atoms with van der Waals surface area (Å²) in [4.78, 5) is 17.1. The van der Waals surface area contributed by atoms with Crippen LogP contribution in [0.25, 0.3) is 0 Å². The maximum atomic E-state index is 11.9. The van der Waals surface area contributed by atoms with E-state index in [1.807, 2.05) is 30.3 Å². The van der Waals surface area contributed by atoms with Crippen molar-refractivity contribution in [3.8, 4) is 0 Å². The fourth-order valence-corrected chi connectivity index (χ4v) is 2.23. The highest BCUT2D eigenvalue weighted by atomic mass is 16.6. The molecule has 0 saturated carbocycles. The van der Waals surface area contributed by atoms with E-state index < -0.39 is 0 Å². The number of carbonyl (C=O) groups excluding carboxylic acids is 1. The van der Waals surface area contributed by atoms with Crippen LogP contribution >= 0.6 is 0 Å². The normalized spacial score (nSPS) is 23.6. The van der Waals surface area contributed by atoms with Gasteiger partial charge in [-0.3, -0.25) is 9.63 Å².